The number of nitrogens with zero attached hydrogens (tertiary/aromatic N) is 4. The van der Waals surface area contributed by atoms with E-state index in [4.69, 9.17) is 16.3 Å². The lowest BCUT2D eigenvalue weighted by atomic mass is 10.1. The average molecular weight is 535 g/mol. The number of halogens is 1. The number of aryl methyl sites for hydroxylation is 1. The van der Waals surface area contributed by atoms with E-state index in [1.807, 2.05) is 54.8 Å². The van der Waals surface area contributed by atoms with Gasteiger partial charge in [0.1, 0.15) is 17.6 Å². The molecule has 2 N–H and O–H groups in total. The minimum atomic E-state index is -0.258. The number of nitrogens with one attached hydrogen (secondary N) is 2. The largest absolute Gasteiger partial charge is 0.483 e. The second-order valence-corrected chi connectivity index (χ2v) is 10.1. The lowest BCUT2D eigenvalue weighted by Crippen LogP contribution is -2.46. The number of pyridine rings is 2. The number of hydrogen-bond acceptors (Lipinski definition) is 6. The van der Waals surface area contributed by atoms with Crippen LogP contribution in [0.25, 0.3) is 10.9 Å². The van der Waals surface area contributed by atoms with Crippen LogP contribution in [0.4, 0.5) is 5.82 Å². The molecule has 0 saturated heterocycles. The summed E-state index contributed by atoms with van der Waals surface area (Å²) in [5.74, 6) is 0.651. The maximum absolute atomic E-state index is 13.5. The van der Waals surface area contributed by atoms with Gasteiger partial charge in [-0.25, -0.2) is 4.98 Å². The molecule has 9 nitrogen and oxygen atoms in total. The first-order valence-electron chi connectivity index (χ1n) is 12.9. The van der Waals surface area contributed by atoms with E-state index >= 15 is 0 Å². The first-order chi connectivity index (χ1) is 18.4. The number of hydrogen-bond donors (Lipinski definition) is 2. The Morgan fingerprint density at radius 2 is 1.95 bits per heavy atom. The molecule has 1 amide bonds. The van der Waals surface area contributed by atoms with Gasteiger partial charge >= 0.3 is 0 Å². The molecule has 3 aromatic heterocycles. The summed E-state index contributed by atoms with van der Waals surface area (Å²) in [7, 11) is 0. The summed E-state index contributed by atoms with van der Waals surface area (Å²) in [6.45, 7) is 6.12. The van der Waals surface area contributed by atoms with E-state index in [-0.39, 0.29) is 29.7 Å². The number of carbonyl (C=O) groups excluding carboxylic acids is 1. The number of rotatable bonds is 10. The highest BCUT2D eigenvalue weighted by Gasteiger charge is 2.32. The molecular weight excluding hydrogens is 504 g/mol. The van der Waals surface area contributed by atoms with Crippen molar-refractivity contribution < 1.29 is 9.53 Å². The van der Waals surface area contributed by atoms with Crippen LogP contribution in [0.3, 0.4) is 0 Å². The molecule has 38 heavy (non-hydrogen) atoms. The number of carbonyl (C=O) groups is 1. The van der Waals surface area contributed by atoms with Crippen LogP contribution in [0.15, 0.2) is 53.5 Å². The predicted octanol–water partition coefficient (Wildman–Crippen LogP) is 4.65. The fourth-order valence-corrected chi connectivity index (χ4v) is 5.05. The molecule has 4 heterocycles. The van der Waals surface area contributed by atoms with E-state index < -0.39 is 0 Å². The van der Waals surface area contributed by atoms with E-state index in [0.717, 1.165) is 35.0 Å². The summed E-state index contributed by atoms with van der Waals surface area (Å²) in [4.78, 5) is 32.8. The first-order valence-corrected chi connectivity index (χ1v) is 13.3. The normalized spacial score (nSPS) is 13.3. The van der Waals surface area contributed by atoms with Crippen molar-refractivity contribution in [3.8, 4) is 5.75 Å². The minimum absolute atomic E-state index is 0.0335. The monoisotopic (exact) mass is 534 g/mol. The van der Waals surface area contributed by atoms with Crippen molar-refractivity contribution >= 4 is 34.2 Å². The van der Waals surface area contributed by atoms with Crippen molar-refractivity contribution in [2.75, 3.05) is 18.4 Å². The molecule has 0 bridgehead atoms. The van der Waals surface area contributed by atoms with E-state index in [1.54, 1.807) is 17.2 Å². The van der Waals surface area contributed by atoms with Gasteiger partial charge in [-0.05, 0) is 38.7 Å². The van der Waals surface area contributed by atoms with Crippen molar-refractivity contribution in [3.63, 3.8) is 0 Å². The van der Waals surface area contributed by atoms with Gasteiger partial charge in [-0.1, -0.05) is 41.9 Å². The third-order valence-corrected chi connectivity index (χ3v) is 7.08. The summed E-state index contributed by atoms with van der Waals surface area (Å²) in [5.41, 5.74) is 2.72. The second-order valence-electron chi connectivity index (χ2n) is 9.71. The number of ether oxygens (including phenoxy) is 1. The van der Waals surface area contributed by atoms with Gasteiger partial charge in [0.25, 0.3) is 5.91 Å². The third-order valence-electron chi connectivity index (χ3n) is 6.79. The highest BCUT2D eigenvalue weighted by Crippen LogP contribution is 2.26. The molecule has 10 heteroatoms. The Balaban J connectivity index is 1.29. The highest BCUT2D eigenvalue weighted by atomic mass is 35.5. The number of amides is 1. The smallest absolute Gasteiger partial charge is 0.274 e. The van der Waals surface area contributed by atoms with Crippen LogP contribution in [0.5, 0.6) is 5.75 Å². The summed E-state index contributed by atoms with van der Waals surface area (Å²) in [6.07, 6.45) is 4.01. The molecule has 0 aliphatic carbocycles. The zero-order valence-corrected chi connectivity index (χ0v) is 22.3. The van der Waals surface area contributed by atoms with Crippen LogP contribution >= 0.6 is 11.6 Å². The summed E-state index contributed by atoms with van der Waals surface area (Å²) >= 11 is 6.23. The number of unbranched alkanes of at least 4 members (excludes halogenated alkanes) is 1. The SMILES string of the molecule is CC(C)N1CCn2c(CCCCNc3cc4[nH]ncc4c(Cl)n3)cc(=O)c(OCc3ccccc3)c2C1=O. The Hall–Kier alpha value is -3.85. The number of fused-ring (bicyclic) bond motifs is 2. The van der Waals surface area contributed by atoms with Gasteiger partial charge in [-0.3, -0.25) is 14.7 Å². The molecule has 0 spiro atoms. The van der Waals surface area contributed by atoms with E-state index in [1.165, 1.54) is 0 Å². The molecule has 5 rings (SSSR count). The van der Waals surface area contributed by atoms with Crippen LogP contribution in [0.1, 0.15) is 48.4 Å². The molecular formula is C28H31ClN6O3. The standard InChI is InChI=1S/C28H31ClN6O3/c1-18(2)34-12-13-35-20(10-6-7-11-30-24-15-22-21(16-31-33-22)27(29)32-24)14-23(36)26(25(35)28(34)37)38-17-19-8-4-3-5-9-19/h3-5,8-9,14-16,18H,6-7,10-13,17H2,1-2H3,(H,30,32)(H,31,33). The third kappa shape index (κ3) is 5.38. The Morgan fingerprint density at radius 3 is 2.74 bits per heavy atom. The Labute approximate surface area is 225 Å². The minimum Gasteiger partial charge on any atom is -0.483 e. The van der Waals surface area contributed by atoms with Gasteiger partial charge < -0.3 is 19.5 Å². The molecule has 4 aromatic rings. The van der Waals surface area contributed by atoms with Gasteiger partial charge in [0.15, 0.2) is 11.4 Å². The summed E-state index contributed by atoms with van der Waals surface area (Å²) < 4.78 is 7.96. The van der Waals surface area contributed by atoms with Crippen LogP contribution in [-0.4, -0.2) is 49.7 Å². The van der Waals surface area contributed by atoms with Crippen LogP contribution in [-0.2, 0) is 19.6 Å². The van der Waals surface area contributed by atoms with Gasteiger partial charge in [-0.2, -0.15) is 5.10 Å². The highest BCUT2D eigenvalue weighted by molar-refractivity contribution is 6.34. The molecule has 0 fully saturated rings. The molecule has 1 aliphatic heterocycles. The number of anilines is 1. The maximum Gasteiger partial charge on any atom is 0.274 e. The molecule has 0 atom stereocenters. The van der Waals surface area contributed by atoms with Crippen molar-refractivity contribution in [1.82, 2.24) is 24.6 Å². The van der Waals surface area contributed by atoms with Crippen molar-refractivity contribution in [2.24, 2.45) is 0 Å². The summed E-state index contributed by atoms with van der Waals surface area (Å²) in [6, 6.07) is 13.2. The van der Waals surface area contributed by atoms with Gasteiger partial charge in [0.2, 0.25) is 5.43 Å². The van der Waals surface area contributed by atoms with Crippen LogP contribution in [0, 0.1) is 0 Å². The number of aromatic nitrogens is 4. The van der Waals surface area contributed by atoms with E-state index in [2.05, 4.69) is 20.5 Å². The number of H-pyrrole nitrogens is 1. The molecule has 0 radical (unpaired) electrons. The maximum atomic E-state index is 13.5. The van der Waals surface area contributed by atoms with Crippen molar-refractivity contribution in [1.29, 1.82) is 0 Å². The Morgan fingerprint density at radius 1 is 1.13 bits per heavy atom. The molecule has 1 aromatic carbocycles. The van der Waals surface area contributed by atoms with Gasteiger partial charge in [-0.15, -0.1) is 0 Å². The number of aromatic amines is 1. The van der Waals surface area contributed by atoms with E-state index in [0.29, 0.717) is 42.7 Å². The quantitative estimate of drug-likeness (QED) is 0.227. The Kier molecular flexibility index (Phi) is 7.64. The molecule has 0 unspecified atom stereocenters. The topological polar surface area (TPSA) is 105 Å². The Bertz CT molecular complexity index is 1500. The van der Waals surface area contributed by atoms with Gasteiger partial charge in [0, 0.05) is 43.5 Å². The average Bonchev–Trinajstić information content (AvgIpc) is 3.38. The first kappa shape index (κ1) is 25.8. The fraction of sp³-hybridized carbons (Fsp3) is 0.357. The lowest BCUT2D eigenvalue weighted by molar-refractivity contribution is 0.0636. The number of benzene rings is 1. The fourth-order valence-electron chi connectivity index (χ4n) is 4.80. The zero-order chi connectivity index (χ0) is 26.6. The predicted molar refractivity (Wildman–Crippen MR) is 148 cm³/mol. The van der Waals surface area contributed by atoms with Crippen LogP contribution in [0.2, 0.25) is 5.15 Å². The van der Waals surface area contributed by atoms with Gasteiger partial charge in [0.05, 0.1) is 17.1 Å². The molecule has 0 saturated carbocycles. The second kappa shape index (κ2) is 11.3. The van der Waals surface area contributed by atoms with Crippen LogP contribution < -0.4 is 15.5 Å². The summed E-state index contributed by atoms with van der Waals surface area (Å²) in [5, 5.41) is 11.4. The van der Waals surface area contributed by atoms with Crippen molar-refractivity contribution in [3.05, 3.63) is 81.0 Å². The van der Waals surface area contributed by atoms with Crippen molar-refractivity contribution in [2.45, 2.75) is 52.3 Å². The lowest BCUT2D eigenvalue weighted by Gasteiger charge is -2.35. The van der Waals surface area contributed by atoms with E-state index in [9.17, 15) is 9.59 Å². The molecule has 198 valence electrons. The molecule has 1 aliphatic rings. The zero-order valence-electron chi connectivity index (χ0n) is 21.5.